The van der Waals surface area contributed by atoms with Gasteiger partial charge in [0, 0.05) is 33.2 Å². The number of hydrogen-bond acceptors (Lipinski definition) is 5. The van der Waals surface area contributed by atoms with Crippen LogP contribution in [0.4, 0.5) is 10.5 Å². The maximum atomic E-state index is 12.2. The zero-order chi connectivity index (χ0) is 17.8. The highest BCUT2D eigenvalue weighted by Gasteiger charge is 2.24. The van der Waals surface area contributed by atoms with Gasteiger partial charge in [0.05, 0.1) is 11.9 Å². The molecule has 1 fully saturated rings. The Morgan fingerprint density at radius 3 is 2.56 bits per heavy atom. The van der Waals surface area contributed by atoms with E-state index in [0.29, 0.717) is 31.9 Å². The summed E-state index contributed by atoms with van der Waals surface area (Å²) in [5, 5.41) is 4.16. The number of anilines is 1. The van der Waals surface area contributed by atoms with Crippen LogP contribution >= 0.6 is 11.6 Å². The van der Waals surface area contributed by atoms with Gasteiger partial charge in [0.2, 0.25) is 0 Å². The molecule has 3 rings (SSSR count). The second-order valence-electron chi connectivity index (χ2n) is 5.79. The lowest BCUT2D eigenvalue weighted by molar-refractivity contribution is 0.0942. The average Bonchev–Trinajstić information content (AvgIpc) is 2.65. The van der Waals surface area contributed by atoms with E-state index in [9.17, 15) is 9.59 Å². The largest absolute Gasteiger partial charge is 0.445 e. The minimum atomic E-state index is -0.336. The zero-order valence-electron chi connectivity index (χ0n) is 13.9. The van der Waals surface area contributed by atoms with E-state index in [0.717, 1.165) is 5.56 Å². The van der Waals surface area contributed by atoms with Crippen LogP contribution in [0.3, 0.4) is 0 Å². The molecule has 25 heavy (non-hydrogen) atoms. The van der Waals surface area contributed by atoms with Gasteiger partial charge < -0.3 is 14.5 Å². The number of benzene rings is 1. The summed E-state index contributed by atoms with van der Waals surface area (Å²) in [6.07, 6.45) is 1.24. The van der Waals surface area contributed by atoms with Crippen LogP contribution in [0, 0.1) is 0 Å². The van der Waals surface area contributed by atoms with E-state index in [2.05, 4.69) is 5.10 Å². The number of amides is 1. The molecule has 132 valence electrons. The lowest BCUT2D eigenvalue weighted by Crippen LogP contribution is -2.49. The van der Waals surface area contributed by atoms with Crippen molar-refractivity contribution in [1.82, 2.24) is 14.7 Å². The van der Waals surface area contributed by atoms with Crippen molar-refractivity contribution in [3.05, 3.63) is 57.5 Å². The number of ether oxygens (including phenoxy) is 1. The van der Waals surface area contributed by atoms with Crippen LogP contribution in [0.15, 0.2) is 41.3 Å². The van der Waals surface area contributed by atoms with E-state index in [4.69, 9.17) is 16.3 Å². The van der Waals surface area contributed by atoms with Gasteiger partial charge in [-0.1, -0.05) is 41.9 Å². The van der Waals surface area contributed by atoms with Crippen molar-refractivity contribution in [3.63, 3.8) is 0 Å². The highest BCUT2D eigenvalue weighted by atomic mass is 35.5. The molecule has 1 aromatic heterocycles. The molecule has 0 saturated carbocycles. The summed E-state index contributed by atoms with van der Waals surface area (Å²) in [6.45, 7) is 2.38. The Morgan fingerprint density at radius 1 is 1.20 bits per heavy atom. The van der Waals surface area contributed by atoms with Gasteiger partial charge in [0.15, 0.2) is 0 Å². The standard InChI is InChI=1S/C17H19ClN4O3/c1-20-16(23)15(18)14(11-19-20)21-7-9-22(10-8-21)17(24)25-12-13-5-3-2-4-6-13/h2-6,11H,7-10,12H2,1H3. The molecule has 2 aromatic rings. The molecule has 7 nitrogen and oxygen atoms in total. The SMILES string of the molecule is Cn1ncc(N2CCN(C(=O)OCc3ccccc3)CC2)c(Cl)c1=O. The number of carbonyl (C=O) groups is 1. The summed E-state index contributed by atoms with van der Waals surface area (Å²) in [4.78, 5) is 27.7. The molecule has 0 radical (unpaired) electrons. The molecule has 0 unspecified atom stereocenters. The molecule has 8 heteroatoms. The quantitative estimate of drug-likeness (QED) is 0.834. The molecule has 2 heterocycles. The van der Waals surface area contributed by atoms with Crippen molar-refractivity contribution in [3.8, 4) is 0 Å². The van der Waals surface area contributed by atoms with Gasteiger partial charge >= 0.3 is 6.09 Å². The monoisotopic (exact) mass is 362 g/mol. The number of rotatable bonds is 3. The first-order valence-electron chi connectivity index (χ1n) is 7.98. The van der Waals surface area contributed by atoms with Crippen LogP contribution in [0.2, 0.25) is 5.02 Å². The third-order valence-electron chi connectivity index (χ3n) is 4.14. The maximum Gasteiger partial charge on any atom is 0.410 e. The minimum absolute atomic E-state index is 0.151. The fourth-order valence-corrected chi connectivity index (χ4v) is 2.95. The number of halogens is 1. The Hall–Kier alpha value is -2.54. The summed E-state index contributed by atoms with van der Waals surface area (Å²) >= 11 is 6.13. The Kier molecular flexibility index (Phi) is 5.23. The molecule has 1 aliphatic rings. The second kappa shape index (κ2) is 7.57. The highest BCUT2D eigenvalue weighted by molar-refractivity contribution is 6.33. The summed E-state index contributed by atoms with van der Waals surface area (Å²) in [7, 11) is 1.55. The smallest absolute Gasteiger partial charge is 0.410 e. The third-order valence-corrected chi connectivity index (χ3v) is 4.50. The molecular weight excluding hydrogens is 344 g/mol. The van der Waals surface area contributed by atoms with Gasteiger partial charge in [-0.15, -0.1) is 0 Å². The fourth-order valence-electron chi connectivity index (χ4n) is 2.66. The number of hydrogen-bond donors (Lipinski definition) is 0. The van der Waals surface area contributed by atoms with Gasteiger partial charge in [-0.25, -0.2) is 9.48 Å². The Balaban J connectivity index is 1.56. The number of carbonyl (C=O) groups excluding carboxylic acids is 1. The lowest BCUT2D eigenvalue weighted by Gasteiger charge is -2.35. The van der Waals surface area contributed by atoms with E-state index in [1.165, 1.54) is 4.68 Å². The van der Waals surface area contributed by atoms with Crippen molar-refractivity contribution in [1.29, 1.82) is 0 Å². The Morgan fingerprint density at radius 2 is 1.88 bits per heavy atom. The normalized spacial score (nSPS) is 14.5. The van der Waals surface area contributed by atoms with Crippen molar-refractivity contribution in [2.24, 2.45) is 7.05 Å². The lowest BCUT2D eigenvalue weighted by atomic mass is 10.2. The Bertz CT molecular complexity index is 801. The van der Waals surface area contributed by atoms with E-state index in [1.54, 1.807) is 18.1 Å². The third kappa shape index (κ3) is 3.93. The topological polar surface area (TPSA) is 67.7 Å². The van der Waals surface area contributed by atoms with Crippen LogP contribution < -0.4 is 10.5 Å². The predicted octanol–water partition coefficient (Wildman–Crippen LogP) is 1.89. The minimum Gasteiger partial charge on any atom is -0.445 e. The second-order valence-corrected chi connectivity index (χ2v) is 6.16. The number of nitrogens with zero attached hydrogens (tertiary/aromatic N) is 4. The zero-order valence-corrected chi connectivity index (χ0v) is 14.6. The van der Waals surface area contributed by atoms with E-state index < -0.39 is 0 Å². The Labute approximate surface area is 150 Å². The average molecular weight is 363 g/mol. The van der Waals surface area contributed by atoms with Crippen molar-refractivity contribution >= 4 is 23.4 Å². The van der Waals surface area contributed by atoms with Gasteiger partial charge in [-0.05, 0) is 5.56 Å². The summed E-state index contributed by atoms with van der Waals surface area (Å²) in [5.41, 5.74) is 1.22. The summed E-state index contributed by atoms with van der Waals surface area (Å²) in [5.74, 6) is 0. The summed E-state index contributed by atoms with van der Waals surface area (Å²) < 4.78 is 6.54. The van der Waals surface area contributed by atoms with Crippen LogP contribution in [-0.2, 0) is 18.4 Å². The maximum absolute atomic E-state index is 12.2. The molecule has 1 amide bonds. The summed E-state index contributed by atoms with van der Waals surface area (Å²) in [6, 6.07) is 9.56. The molecular formula is C17H19ClN4O3. The number of aryl methyl sites for hydroxylation is 1. The van der Waals surface area contributed by atoms with Crippen LogP contribution in [0.25, 0.3) is 0 Å². The molecule has 1 aromatic carbocycles. The van der Waals surface area contributed by atoms with Crippen LogP contribution in [0.1, 0.15) is 5.56 Å². The van der Waals surface area contributed by atoms with E-state index in [1.807, 2.05) is 35.2 Å². The first-order chi connectivity index (χ1) is 12.1. The molecule has 0 bridgehead atoms. The van der Waals surface area contributed by atoms with E-state index >= 15 is 0 Å². The van der Waals surface area contributed by atoms with E-state index in [-0.39, 0.29) is 23.3 Å². The molecule has 1 aliphatic heterocycles. The van der Waals surface area contributed by atoms with Crippen molar-refractivity contribution < 1.29 is 9.53 Å². The first-order valence-corrected chi connectivity index (χ1v) is 8.36. The van der Waals surface area contributed by atoms with Gasteiger partial charge in [0.1, 0.15) is 11.6 Å². The highest BCUT2D eigenvalue weighted by Crippen LogP contribution is 2.22. The van der Waals surface area contributed by atoms with Crippen LogP contribution in [0.5, 0.6) is 0 Å². The fraction of sp³-hybridized carbons (Fsp3) is 0.353. The molecule has 0 N–H and O–H groups in total. The molecule has 0 aliphatic carbocycles. The molecule has 1 saturated heterocycles. The van der Waals surface area contributed by atoms with Gasteiger partial charge in [-0.3, -0.25) is 4.79 Å². The number of aromatic nitrogens is 2. The molecule has 0 atom stereocenters. The van der Waals surface area contributed by atoms with Gasteiger partial charge in [0.25, 0.3) is 5.56 Å². The predicted molar refractivity (Wildman–Crippen MR) is 94.9 cm³/mol. The first kappa shape index (κ1) is 17.3. The molecule has 0 spiro atoms. The van der Waals surface area contributed by atoms with Gasteiger partial charge in [-0.2, -0.15) is 5.10 Å². The number of piperazine rings is 1. The van der Waals surface area contributed by atoms with Crippen molar-refractivity contribution in [2.45, 2.75) is 6.61 Å². The van der Waals surface area contributed by atoms with Crippen molar-refractivity contribution in [2.75, 3.05) is 31.1 Å². The van der Waals surface area contributed by atoms with Crippen LogP contribution in [-0.4, -0.2) is 47.0 Å².